The standard InChI is InChI=1S/C21H24N4O3/c1-13-16(14(2)28-24-13)9-10-19(26)25-11-5-6-15(12-25)20-22-18-8-4-3-7-17(18)21(27)23-20/h3-4,7-8,15H,5-6,9-12H2,1-2H3,(H,22,23,27)/t15-/m1/s1. The van der Waals surface area contributed by atoms with E-state index in [1.54, 1.807) is 6.07 Å². The molecule has 146 valence electrons. The van der Waals surface area contributed by atoms with E-state index in [9.17, 15) is 9.59 Å². The van der Waals surface area contributed by atoms with Crippen molar-refractivity contribution < 1.29 is 9.32 Å². The second-order valence-corrected chi connectivity index (χ2v) is 7.45. The number of piperidine rings is 1. The van der Waals surface area contributed by atoms with Crippen molar-refractivity contribution in [1.29, 1.82) is 0 Å². The molecule has 1 fully saturated rings. The maximum atomic E-state index is 12.8. The van der Waals surface area contributed by atoms with Gasteiger partial charge in [0.15, 0.2) is 0 Å². The third-order valence-electron chi connectivity index (χ3n) is 5.56. The van der Waals surface area contributed by atoms with Gasteiger partial charge in [0.05, 0.1) is 16.6 Å². The van der Waals surface area contributed by atoms with Gasteiger partial charge in [-0.1, -0.05) is 17.3 Å². The molecular formula is C21H24N4O3. The largest absolute Gasteiger partial charge is 0.361 e. The van der Waals surface area contributed by atoms with Gasteiger partial charge in [-0.15, -0.1) is 0 Å². The minimum atomic E-state index is -0.123. The number of hydrogen-bond acceptors (Lipinski definition) is 5. The average molecular weight is 380 g/mol. The molecule has 0 radical (unpaired) electrons. The summed E-state index contributed by atoms with van der Waals surface area (Å²) in [5.41, 5.74) is 2.44. The predicted molar refractivity (Wildman–Crippen MR) is 105 cm³/mol. The van der Waals surface area contributed by atoms with Crippen molar-refractivity contribution >= 4 is 16.8 Å². The van der Waals surface area contributed by atoms with Crippen molar-refractivity contribution in [3.8, 4) is 0 Å². The Labute approximate surface area is 162 Å². The summed E-state index contributed by atoms with van der Waals surface area (Å²) in [5, 5.41) is 4.54. The van der Waals surface area contributed by atoms with E-state index < -0.39 is 0 Å². The van der Waals surface area contributed by atoms with E-state index in [1.165, 1.54) is 0 Å². The van der Waals surface area contributed by atoms with Crippen molar-refractivity contribution in [3.63, 3.8) is 0 Å². The quantitative estimate of drug-likeness (QED) is 0.751. The Morgan fingerprint density at radius 3 is 2.93 bits per heavy atom. The number of hydrogen-bond donors (Lipinski definition) is 1. The summed E-state index contributed by atoms with van der Waals surface area (Å²) in [4.78, 5) is 34.6. The second kappa shape index (κ2) is 7.58. The Balaban J connectivity index is 1.47. The number of aromatic amines is 1. The second-order valence-electron chi connectivity index (χ2n) is 7.45. The SMILES string of the molecule is Cc1noc(C)c1CCC(=O)N1CCC[C@@H](c2nc3ccccc3c(=O)[nH]2)C1. The lowest BCUT2D eigenvalue weighted by Crippen LogP contribution is -2.40. The van der Waals surface area contributed by atoms with Crippen LogP contribution in [0.4, 0.5) is 0 Å². The summed E-state index contributed by atoms with van der Waals surface area (Å²) < 4.78 is 5.18. The molecule has 0 unspecified atom stereocenters. The van der Waals surface area contributed by atoms with Gasteiger partial charge in [0.25, 0.3) is 5.56 Å². The summed E-state index contributed by atoms with van der Waals surface area (Å²) in [7, 11) is 0. The molecule has 1 saturated heterocycles. The number of carbonyl (C=O) groups is 1. The Bertz CT molecular complexity index is 1050. The van der Waals surface area contributed by atoms with Crippen LogP contribution in [0.5, 0.6) is 0 Å². The first-order valence-electron chi connectivity index (χ1n) is 9.71. The molecule has 1 aliphatic rings. The highest BCUT2D eigenvalue weighted by Crippen LogP contribution is 2.25. The lowest BCUT2D eigenvalue weighted by atomic mass is 9.96. The van der Waals surface area contributed by atoms with Gasteiger partial charge < -0.3 is 14.4 Å². The number of aryl methyl sites for hydroxylation is 2. The number of nitrogens with one attached hydrogen (secondary N) is 1. The Kier molecular flexibility index (Phi) is 4.98. The fourth-order valence-corrected chi connectivity index (χ4v) is 3.97. The highest BCUT2D eigenvalue weighted by atomic mass is 16.5. The van der Waals surface area contributed by atoms with Crippen molar-refractivity contribution in [1.82, 2.24) is 20.0 Å². The van der Waals surface area contributed by atoms with Gasteiger partial charge in [0, 0.05) is 31.0 Å². The molecule has 2 aromatic heterocycles. The highest BCUT2D eigenvalue weighted by Gasteiger charge is 2.26. The van der Waals surface area contributed by atoms with Crippen LogP contribution in [0, 0.1) is 13.8 Å². The van der Waals surface area contributed by atoms with Crippen LogP contribution in [0.2, 0.25) is 0 Å². The van der Waals surface area contributed by atoms with Crippen LogP contribution in [-0.2, 0) is 11.2 Å². The first-order chi connectivity index (χ1) is 13.5. The van der Waals surface area contributed by atoms with Crippen LogP contribution in [0.3, 0.4) is 0 Å². The zero-order chi connectivity index (χ0) is 19.7. The molecule has 1 amide bonds. The fraction of sp³-hybridized carbons (Fsp3) is 0.429. The molecule has 1 atom stereocenters. The number of nitrogens with zero attached hydrogens (tertiary/aromatic N) is 3. The van der Waals surface area contributed by atoms with Crippen molar-refractivity contribution in [3.05, 3.63) is 57.5 Å². The van der Waals surface area contributed by atoms with Crippen molar-refractivity contribution in [2.24, 2.45) is 0 Å². The molecule has 0 aliphatic carbocycles. The molecule has 0 bridgehead atoms. The maximum absolute atomic E-state index is 12.8. The van der Waals surface area contributed by atoms with Crippen LogP contribution < -0.4 is 5.56 Å². The number of amides is 1. The zero-order valence-electron chi connectivity index (χ0n) is 16.2. The lowest BCUT2D eigenvalue weighted by Gasteiger charge is -2.32. The highest BCUT2D eigenvalue weighted by molar-refractivity contribution is 5.78. The van der Waals surface area contributed by atoms with E-state index in [0.717, 1.165) is 36.4 Å². The molecule has 7 heteroatoms. The lowest BCUT2D eigenvalue weighted by molar-refractivity contribution is -0.132. The van der Waals surface area contributed by atoms with Crippen LogP contribution in [0.25, 0.3) is 10.9 Å². The number of H-pyrrole nitrogens is 1. The Hall–Kier alpha value is -2.96. The van der Waals surface area contributed by atoms with Crippen LogP contribution >= 0.6 is 0 Å². The average Bonchev–Trinajstić information content (AvgIpc) is 3.04. The van der Waals surface area contributed by atoms with E-state index in [2.05, 4.69) is 15.1 Å². The Morgan fingerprint density at radius 1 is 1.32 bits per heavy atom. The smallest absolute Gasteiger partial charge is 0.258 e. The summed E-state index contributed by atoms with van der Waals surface area (Å²) in [6.45, 7) is 5.10. The molecule has 0 spiro atoms. The summed E-state index contributed by atoms with van der Waals surface area (Å²) >= 11 is 0. The van der Waals surface area contributed by atoms with Gasteiger partial charge in [-0.2, -0.15) is 0 Å². The number of benzene rings is 1. The van der Waals surface area contributed by atoms with Gasteiger partial charge in [0.2, 0.25) is 5.91 Å². The summed E-state index contributed by atoms with van der Waals surface area (Å²) in [6, 6.07) is 7.34. The molecule has 28 heavy (non-hydrogen) atoms. The minimum Gasteiger partial charge on any atom is -0.361 e. The molecule has 1 aromatic carbocycles. The van der Waals surface area contributed by atoms with Gasteiger partial charge in [-0.3, -0.25) is 9.59 Å². The van der Waals surface area contributed by atoms with Crippen LogP contribution in [0.1, 0.15) is 48.0 Å². The van der Waals surface area contributed by atoms with E-state index in [1.807, 2.05) is 36.9 Å². The minimum absolute atomic E-state index is 0.0501. The number of aromatic nitrogens is 3. The maximum Gasteiger partial charge on any atom is 0.258 e. The van der Waals surface area contributed by atoms with Gasteiger partial charge in [-0.25, -0.2) is 4.98 Å². The number of rotatable bonds is 4. The van der Waals surface area contributed by atoms with Crippen molar-refractivity contribution in [2.75, 3.05) is 13.1 Å². The molecule has 3 heterocycles. The van der Waals surface area contributed by atoms with Gasteiger partial charge in [-0.05, 0) is 45.2 Å². The molecule has 7 nitrogen and oxygen atoms in total. The molecule has 1 aliphatic heterocycles. The topological polar surface area (TPSA) is 92.1 Å². The molecule has 1 N–H and O–H groups in total. The summed E-state index contributed by atoms with van der Waals surface area (Å²) in [5.74, 6) is 1.62. The van der Waals surface area contributed by atoms with Crippen LogP contribution in [0.15, 0.2) is 33.6 Å². The molecular weight excluding hydrogens is 356 g/mol. The third-order valence-corrected chi connectivity index (χ3v) is 5.56. The normalized spacial score (nSPS) is 17.2. The van der Waals surface area contributed by atoms with E-state index in [0.29, 0.717) is 36.1 Å². The van der Waals surface area contributed by atoms with E-state index >= 15 is 0 Å². The first-order valence-corrected chi connectivity index (χ1v) is 9.71. The molecule has 4 rings (SSSR count). The zero-order valence-corrected chi connectivity index (χ0v) is 16.2. The summed E-state index contributed by atoms with van der Waals surface area (Å²) in [6.07, 6.45) is 2.87. The number of fused-ring (bicyclic) bond motifs is 1. The molecule has 3 aromatic rings. The number of carbonyl (C=O) groups excluding carboxylic acids is 1. The fourth-order valence-electron chi connectivity index (χ4n) is 3.97. The monoisotopic (exact) mass is 380 g/mol. The third kappa shape index (κ3) is 3.56. The van der Waals surface area contributed by atoms with Crippen LogP contribution in [-0.4, -0.2) is 39.0 Å². The number of likely N-dealkylation sites (tertiary alicyclic amines) is 1. The first kappa shape index (κ1) is 18.4. The van der Waals surface area contributed by atoms with Gasteiger partial charge >= 0.3 is 0 Å². The number of para-hydroxylation sites is 1. The van der Waals surface area contributed by atoms with Crippen molar-refractivity contribution in [2.45, 2.75) is 45.4 Å². The van der Waals surface area contributed by atoms with Gasteiger partial charge in [0.1, 0.15) is 11.6 Å². The Morgan fingerprint density at radius 2 is 2.14 bits per heavy atom. The molecule has 0 saturated carbocycles. The predicted octanol–water partition coefficient (Wildman–Crippen LogP) is 2.87. The van der Waals surface area contributed by atoms with E-state index in [-0.39, 0.29) is 17.4 Å². The van der Waals surface area contributed by atoms with E-state index in [4.69, 9.17) is 4.52 Å².